The topological polar surface area (TPSA) is 49.3 Å². The summed E-state index contributed by atoms with van der Waals surface area (Å²) in [5.74, 6) is -0.597. The number of hydrogen-bond acceptors (Lipinski definition) is 2. The molecule has 0 fully saturated rings. The van der Waals surface area contributed by atoms with Crippen molar-refractivity contribution in [1.82, 2.24) is 5.32 Å². The molecule has 0 saturated carbocycles. The molecule has 0 aliphatic carbocycles. The van der Waals surface area contributed by atoms with Crippen LogP contribution in [0.25, 0.3) is 0 Å². The van der Waals surface area contributed by atoms with Gasteiger partial charge in [-0.25, -0.2) is 4.39 Å². The number of halogens is 2. The molecule has 0 heterocycles. The first-order valence-electron chi connectivity index (χ1n) is 5.81. The van der Waals surface area contributed by atoms with Gasteiger partial charge in [-0.2, -0.15) is 0 Å². The molecule has 100 valence electrons. The van der Waals surface area contributed by atoms with E-state index in [2.05, 4.69) is 21.2 Å². The van der Waals surface area contributed by atoms with Gasteiger partial charge in [-0.1, -0.05) is 6.92 Å². The van der Waals surface area contributed by atoms with Crippen LogP contribution in [0.1, 0.15) is 30.6 Å². The van der Waals surface area contributed by atoms with Gasteiger partial charge in [0.25, 0.3) is 5.91 Å². The Morgan fingerprint density at radius 3 is 2.78 bits per heavy atom. The Balaban J connectivity index is 2.58. The number of benzene rings is 1. The van der Waals surface area contributed by atoms with Gasteiger partial charge in [0.05, 0.1) is 11.7 Å². The van der Waals surface area contributed by atoms with Crippen LogP contribution in [-0.4, -0.2) is 23.7 Å². The van der Waals surface area contributed by atoms with Crippen molar-refractivity contribution in [2.75, 3.05) is 6.54 Å². The first kappa shape index (κ1) is 15.1. The molecule has 2 N–H and O–H groups in total. The molecule has 1 rings (SSSR count). The molecule has 3 nitrogen and oxygen atoms in total. The molecule has 0 spiro atoms. The lowest BCUT2D eigenvalue weighted by Crippen LogP contribution is -2.29. The van der Waals surface area contributed by atoms with Gasteiger partial charge < -0.3 is 10.4 Å². The second-order valence-electron chi connectivity index (χ2n) is 4.52. The van der Waals surface area contributed by atoms with Gasteiger partial charge in [-0.05, 0) is 53.4 Å². The van der Waals surface area contributed by atoms with Gasteiger partial charge in [0.15, 0.2) is 0 Å². The molecular formula is C13H17BrFNO2. The minimum absolute atomic E-state index is 0.168. The van der Waals surface area contributed by atoms with Crippen LogP contribution < -0.4 is 5.32 Å². The third-order valence-electron chi connectivity index (χ3n) is 2.53. The van der Waals surface area contributed by atoms with Crippen LogP contribution in [0.5, 0.6) is 0 Å². The second kappa shape index (κ2) is 6.85. The number of aliphatic hydroxyl groups excluding tert-OH is 1. The number of aliphatic hydroxyl groups is 1. The number of carbonyl (C=O) groups excluding carboxylic acids is 1. The lowest BCUT2D eigenvalue weighted by atomic mass is 10.0. The number of amides is 1. The standard InChI is InChI=1S/C13H17BrFNO2/c1-8(5-9(2)17)7-16-13(18)11-6-10(15)3-4-12(11)14/h3-4,6,8-9,17H,5,7H2,1-2H3,(H,16,18). The minimum Gasteiger partial charge on any atom is -0.393 e. The molecule has 0 aromatic heterocycles. The van der Waals surface area contributed by atoms with E-state index in [1.807, 2.05) is 6.92 Å². The monoisotopic (exact) mass is 317 g/mol. The van der Waals surface area contributed by atoms with E-state index >= 15 is 0 Å². The lowest BCUT2D eigenvalue weighted by Gasteiger charge is -2.14. The van der Waals surface area contributed by atoms with Crippen LogP contribution >= 0.6 is 15.9 Å². The van der Waals surface area contributed by atoms with E-state index in [9.17, 15) is 14.3 Å². The van der Waals surface area contributed by atoms with E-state index in [4.69, 9.17) is 0 Å². The van der Waals surface area contributed by atoms with Crippen molar-refractivity contribution in [3.8, 4) is 0 Å². The van der Waals surface area contributed by atoms with Gasteiger partial charge in [-0.15, -0.1) is 0 Å². The van der Waals surface area contributed by atoms with E-state index in [-0.39, 0.29) is 17.4 Å². The molecule has 1 aromatic carbocycles. The molecule has 5 heteroatoms. The van der Waals surface area contributed by atoms with Crippen LogP contribution in [0, 0.1) is 11.7 Å². The number of hydrogen-bond donors (Lipinski definition) is 2. The highest BCUT2D eigenvalue weighted by Crippen LogP contribution is 2.17. The van der Waals surface area contributed by atoms with Crippen molar-refractivity contribution in [2.24, 2.45) is 5.92 Å². The van der Waals surface area contributed by atoms with Crippen LogP contribution in [-0.2, 0) is 0 Å². The fraction of sp³-hybridized carbons (Fsp3) is 0.462. The molecule has 1 aromatic rings. The highest BCUT2D eigenvalue weighted by Gasteiger charge is 2.13. The van der Waals surface area contributed by atoms with Gasteiger partial charge in [0, 0.05) is 11.0 Å². The Hall–Kier alpha value is -0.940. The Morgan fingerprint density at radius 1 is 1.50 bits per heavy atom. The molecule has 0 saturated heterocycles. The van der Waals surface area contributed by atoms with Crippen LogP contribution in [0.4, 0.5) is 4.39 Å². The summed E-state index contributed by atoms with van der Waals surface area (Å²) in [4.78, 5) is 11.8. The van der Waals surface area contributed by atoms with Crippen molar-refractivity contribution in [3.63, 3.8) is 0 Å². The molecule has 0 radical (unpaired) electrons. The van der Waals surface area contributed by atoms with E-state index < -0.39 is 11.9 Å². The van der Waals surface area contributed by atoms with Crippen molar-refractivity contribution >= 4 is 21.8 Å². The maximum atomic E-state index is 13.0. The summed E-state index contributed by atoms with van der Waals surface area (Å²) in [6.07, 6.45) is 0.225. The smallest absolute Gasteiger partial charge is 0.252 e. The van der Waals surface area contributed by atoms with Crippen molar-refractivity contribution < 1.29 is 14.3 Å². The summed E-state index contributed by atoms with van der Waals surface area (Å²) in [6, 6.07) is 3.99. The van der Waals surface area contributed by atoms with Crippen LogP contribution in [0.2, 0.25) is 0 Å². The largest absolute Gasteiger partial charge is 0.393 e. The zero-order valence-electron chi connectivity index (χ0n) is 10.4. The average Bonchev–Trinajstić information content (AvgIpc) is 2.28. The third-order valence-corrected chi connectivity index (χ3v) is 3.22. The summed E-state index contributed by atoms with van der Waals surface area (Å²) < 4.78 is 13.6. The van der Waals surface area contributed by atoms with E-state index in [0.717, 1.165) is 0 Å². The highest BCUT2D eigenvalue weighted by atomic mass is 79.9. The molecule has 0 bridgehead atoms. The SMILES string of the molecule is CC(O)CC(C)CNC(=O)c1cc(F)ccc1Br. The average molecular weight is 318 g/mol. The summed E-state index contributed by atoms with van der Waals surface area (Å²) in [6.45, 7) is 4.10. The van der Waals surface area contributed by atoms with E-state index in [1.165, 1.54) is 18.2 Å². The molecule has 2 unspecified atom stereocenters. The quantitative estimate of drug-likeness (QED) is 0.877. The van der Waals surface area contributed by atoms with E-state index in [1.54, 1.807) is 6.92 Å². The Labute approximate surface area is 115 Å². The fourth-order valence-corrected chi connectivity index (χ4v) is 2.13. The van der Waals surface area contributed by atoms with Gasteiger partial charge in [0.2, 0.25) is 0 Å². The Morgan fingerprint density at radius 2 is 2.17 bits per heavy atom. The molecule has 0 aliphatic heterocycles. The van der Waals surface area contributed by atoms with Gasteiger partial charge in [-0.3, -0.25) is 4.79 Å². The molecule has 0 aliphatic rings. The van der Waals surface area contributed by atoms with Crippen molar-refractivity contribution in [1.29, 1.82) is 0 Å². The summed E-state index contributed by atoms with van der Waals surface area (Å²) in [7, 11) is 0. The predicted molar refractivity (Wildman–Crippen MR) is 71.9 cm³/mol. The van der Waals surface area contributed by atoms with Crippen LogP contribution in [0.15, 0.2) is 22.7 Å². The predicted octanol–water partition coefficient (Wildman–Crippen LogP) is 2.73. The van der Waals surface area contributed by atoms with Crippen molar-refractivity contribution in [3.05, 3.63) is 34.1 Å². The lowest BCUT2D eigenvalue weighted by molar-refractivity contribution is 0.0938. The Bertz CT molecular complexity index is 423. The normalized spacial score (nSPS) is 14.1. The zero-order chi connectivity index (χ0) is 13.7. The molecular weight excluding hydrogens is 301 g/mol. The third kappa shape index (κ3) is 4.74. The minimum atomic E-state index is -0.444. The van der Waals surface area contributed by atoms with Gasteiger partial charge in [0.1, 0.15) is 5.82 Å². The summed E-state index contributed by atoms with van der Waals surface area (Å²) in [5, 5.41) is 11.9. The fourth-order valence-electron chi connectivity index (χ4n) is 1.70. The van der Waals surface area contributed by atoms with Crippen molar-refractivity contribution in [2.45, 2.75) is 26.4 Å². The molecule has 2 atom stereocenters. The van der Waals surface area contributed by atoms with E-state index in [0.29, 0.717) is 17.4 Å². The summed E-state index contributed by atoms with van der Waals surface area (Å²) in [5.41, 5.74) is 0.277. The first-order valence-corrected chi connectivity index (χ1v) is 6.60. The van der Waals surface area contributed by atoms with Crippen LogP contribution in [0.3, 0.4) is 0 Å². The second-order valence-corrected chi connectivity index (χ2v) is 5.38. The zero-order valence-corrected chi connectivity index (χ0v) is 12.0. The highest BCUT2D eigenvalue weighted by molar-refractivity contribution is 9.10. The van der Waals surface area contributed by atoms with Gasteiger partial charge >= 0.3 is 0 Å². The molecule has 18 heavy (non-hydrogen) atoms. The summed E-state index contributed by atoms with van der Waals surface area (Å²) >= 11 is 3.21. The maximum absolute atomic E-state index is 13.0. The first-order chi connectivity index (χ1) is 8.40. The molecule has 1 amide bonds. The number of rotatable bonds is 5. The number of nitrogens with one attached hydrogen (secondary N) is 1. The number of carbonyl (C=O) groups is 1. The maximum Gasteiger partial charge on any atom is 0.252 e. The Kier molecular flexibility index (Phi) is 5.75.